The number of ether oxygens (including phenoxy) is 1. The van der Waals surface area contributed by atoms with Crippen molar-refractivity contribution in [2.45, 2.75) is 37.2 Å². The van der Waals surface area contributed by atoms with Gasteiger partial charge < -0.3 is 4.74 Å². The predicted molar refractivity (Wildman–Crippen MR) is 98.0 cm³/mol. The minimum Gasteiger partial charge on any atom is -0.459 e. The lowest BCUT2D eigenvalue weighted by Gasteiger charge is -2.31. The van der Waals surface area contributed by atoms with Crippen LogP contribution in [-0.4, -0.2) is 41.9 Å². The Labute approximate surface area is 156 Å². The molecule has 1 aliphatic heterocycles. The molecule has 0 aliphatic carbocycles. The van der Waals surface area contributed by atoms with E-state index in [1.807, 2.05) is 6.92 Å². The molecule has 134 valence electrons. The van der Waals surface area contributed by atoms with Crippen molar-refractivity contribution < 1.29 is 13.2 Å². The molecule has 0 bridgehead atoms. The van der Waals surface area contributed by atoms with Crippen LogP contribution in [0.5, 0.6) is 6.01 Å². The summed E-state index contributed by atoms with van der Waals surface area (Å²) < 4.78 is 33.7. The lowest BCUT2D eigenvalue weighted by atomic mass is 10.1. The van der Waals surface area contributed by atoms with Crippen molar-refractivity contribution >= 4 is 26.0 Å². The molecule has 1 fully saturated rings. The molecule has 0 N–H and O–H groups in total. The number of aryl methyl sites for hydroxylation is 1. The summed E-state index contributed by atoms with van der Waals surface area (Å²) >= 11 is 3.32. The smallest absolute Gasteiger partial charge is 0.316 e. The predicted octanol–water partition coefficient (Wildman–Crippen LogP) is 3.03. The zero-order chi connectivity index (χ0) is 17.9. The molecule has 1 unspecified atom stereocenters. The normalized spacial score (nSPS) is 18.9. The van der Waals surface area contributed by atoms with E-state index >= 15 is 0 Å². The highest BCUT2D eigenvalue weighted by molar-refractivity contribution is 9.10. The molecule has 1 aromatic carbocycles. The van der Waals surface area contributed by atoms with Crippen LogP contribution in [0, 0.1) is 0 Å². The molecule has 3 rings (SSSR count). The van der Waals surface area contributed by atoms with Crippen LogP contribution in [-0.2, 0) is 16.4 Å². The standard InChI is InChI=1S/C17H20BrN3O3S/c1-2-13-10-19-17(20-11-13)24-15-4-3-9-21(12-15)25(22,23)16-7-5-14(18)6-8-16/h5-8,10-11,15H,2-4,9,12H2,1H3. The largest absolute Gasteiger partial charge is 0.459 e. The average Bonchev–Trinajstić information content (AvgIpc) is 2.63. The van der Waals surface area contributed by atoms with Crippen molar-refractivity contribution in [2.24, 2.45) is 0 Å². The summed E-state index contributed by atoms with van der Waals surface area (Å²) in [5.74, 6) is 0. The molecule has 0 spiro atoms. The zero-order valence-corrected chi connectivity index (χ0v) is 16.3. The summed E-state index contributed by atoms with van der Waals surface area (Å²) in [6.45, 7) is 2.83. The molecule has 1 saturated heterocycles. The first-order valence-corrected chi connectivity index (χ1v) is 10.5. The van der Waals surface area contributed by atoms with Crippen LogP contribution >= 0.6 is 15.9 Å². The van der Waals surface area contributed by atoms with Crippen molar-refractivity contribution in [3.05, 3.63) is 46.7 Å². The summed E-state index contributed by atoms with van der Waals surface area (Å²) in [6.07, 6.45) is 5.62. The molecular formula is C17H20BrN3O3S. The van der Waals surface area contributed by atoms with Crippen molar-refractivity contribution in [1.82, 2.24) is 14.3 Å². The Morgan fingerprint density at radius 3 is 2.56 bits per heavy atom. The Morgan fingerprint density at radius 2 is 1.92 bits per heavy atom. The molecule has 0 amide bonds. The zero-order valence-electron chi connectivity index (χ0n) is 13.9. The number of halogens is 1. The number of sulfonamides is 1. The molecule has 2 aromatic rings. The van der Waals surface area contributed by atoms with E-state index in [2.05, 4.69) is 25.9 Å². The highest BCUT2D eigenvalue weighted by Crippen LogP contribution is 2.23. The van der Waals surface area contributed by atoms with Crippen LogP contribution in [0.3, 0.4) is 0 Å². The lowest BCUT2D eigenvalue weighted by Crippen LogP contribution is -2.44. The highest BCUT2D eigenvalue weighted by Gasteiger charge is 2.31. The second-order valence-corrected chi connectivity index (χ2v) is 8.78. The molecule has 6 nitrogen and oxygen atoms in total. The number of aromatic nitrogens is 2. The van der Waals surface area contributed by atoms with E-state index in [-0.39, 0.29) is 6.10 Å². The number of hydrogen-bond donors (Lipinski definition) is 0. The second kappa shape index (κ2) is 7.80. The minimum absolute atomic E-state index is 0.244. The average molecular weight is 426 g/mol. The Kier molecular flexibility index (Phi) is 5.71. The third-order valence-electron chi connectivity index (χ3n) is 4.15. The number of benzene rings is 1. The highest BCUT2D eigenvalue weighted by atomic mass is 79.9. The first kappa shape index (κ1) is 18.3. The van der Waals surface area contributed by atoms with Gasteiger partial charge in [-0.2, -0.15) is 4.31 Å². The number of nitrogens with zero attached hydrogens (tertiary/aromatic N) is 3. The van der Waals surface area contributed by atoms with Crippen molar-refractivity contribution in [3.8, 4) is 6.01 Å². The van der Waals surface area contributed by atoms with E-state index in [0.29, 0.717) is 24.0 Å². The Bertz CT molecular complexity index is 810. The number of rotatable bonds is 5. The van der Waals surface area contributed by atoms with Crippen LogP contribution in [0.15, 0.2) is 46.0 Å². The third kappa shape index (κ3) is 4.37. The van der Waals surface area contributed by atoms with Gasteiger partial charge >= 0.3 is 6.01 Å². The SMILES string of the molecule is CCc1cnc(OC2CCCN(S(=O)(=O)c3ccc(Br)cc3)C2)nc1. The third-order valence-corrected chi connectivity index (χ3v) is 6.56. The van der Waals surface area contributed by atoms with Gasteiger partial charge in [0.1, 0.15) is 6.10 Å². The lowest BCUT2D eigenvalue weighted by molar-refractivity contribution is 0.119. The van der Waals surface area contributed by atoms with E-state index in [4.69, 9.17) is 4.74 Å². The van der Waals surface area contributed by atoms with Gasteiger partial charge in [-0.1, -0.05) is 22.9 Å². The first-order valence-electron chi connectivity index (χ1n) is 8.22. The maximum atomic E-state index is 12.8. The topological polar surface area (TPSA) is 72.4 Å². The number of piperidine rings is 1. The van der Waals surface area contributed by atoms with Crippen LogP contribution < -0.4 is 4.74 Å². The van der Waals surface area contributed by atoms with Crippen LogP contribution in [0.4, 0.5) is 0 Å². The van der Waals surface area contributed by atoms with Crippen LogP contribution in [0.2, 0.25) is 0 Å². The van der Waals surface area contributed by atoms with Gasteiger partial charge in [-0.05, 0) is 49.1 Å². The van der Waals surface area contributed by atoms with E-state index in [0.717, 1.165) is 29.3 Å². The second-order valence-electron chi connectivity index (χ2n) is 5.93. The summed E-state index contributed by atoms with van der Waals surface area (Å²) in [6, 6.07) is 6.97. The molecule has 1 aliphatic rings. The molecule has 1 atom stereocenters. The van der Waals surface area contributed by atoms with Gasteiger partial charge in [0.2, 0.25) is 10.0 Å². The Morgan fingerprint density at radius 1 is 1.24 bits per heavy atom. The van der Waals surface area contributed by atoms with Crippen molar-refractivity contribution in [3.63, 3.8) is 0 Å². The van der Waals surface area contributed by atoms with E-state index in [1.165, 1.54) is 4.31 Å². The van der Waals surface area contributed by atoms with Gasteiger partial charge in [0.05, 0.1) is 11.4 Å². The van der Waals surface area contributed by atoms with Crippen molar-refractivity contribution in [2.75, 3.05) is 13.1 Å². The van der Waals surface area contributed by atoms with Gasteiger partial charge in [0.25, 0.3) is 0 Å². The summed E-state index contributed by atoms with van der Waals surface area (Å²) in [5, 5.41) is 0. The molecule has 1 aromatic heterocycles. The Balaban J connectivity index is 1.70. The summed E-state index contributed by atoms with van der Waals surface area (Å²) in [5.41, 5.74) is 1.04. The first-order chi connectivity index (χ1) is 12.0. The maximum Gasteiger partial charge on any atom is 0.316 e. The quantitative estimate of drug-likeness (QED) is 0.735. The fourth-order valence-corrected chi connectivity index (χ4v) is 4.49. The monoisotopic (exact) mass is 425 g/mol. The molecular weight excluding hydrogens is 406 g/mol. The maximum absolute atomic E-state index is 12.8. The van der Waals surface area contributed by atoms with Crippen LogP contribution in [0.25, 0.3) is 0 Å². The summed E-state index contributed by atoms with van der Waals surface area (Å²) in [7, 11) is -3.52. The van der Waals surface area contributed by atoms with Gasteiger partial charge in [-0.15, -0.1) is 0 Å². The van der Waals surface area contributed by atoms with Gasteiger partial charge in [-0.3, -0.25) is 0 Å². The molecule has 8 heteroatoms. The number of hydrogen-bond acceptors (Lipinski definition) is 5. The fraction of sp³-hybridized carbons (Fsp3) is 0.412. The molecule has 25 heavy (non-hydrogen) atoms. The van der Waals surface area contributed by atoms with Gasteiger partial charge in [0, 0.05) is 23.4 Å². The molecule has 0 saturated carbocycles. The van der Waals surface area contributed by atoms with Gasteiger partial charge in [-0.25, -0.2) is 18.4 Å². The van der Waals surface area contributed by atoms with Gasteiger partial charge in [0.15, 0.2) is 0 Å². The van der Waals surface area contributed by atoms with Crippen LogP contribution in [0.1, 0.15) is 25.3 Å². The van der Waals surface area contributed by atoms with E-state index in [1.54, 1.807) is 36.7 Å². The molecule has 2 heterocycles. The van der Waals surface area contributed by atoms with Crippen molar-refractivity contribution in [1.29, 1.82) is 0 Å². The van der Waals surface area contributed by atoms with E-state index in [9.17, 15) is 8.42 Å². The fourth-order valence-electron chi connectivity index (χ4n) is 2.71. The van der Waals surface area contributed by atoms with E-state index < -0.39 is 10.0 Å². The minimum atomic E-state index is -3.52. The molecule has 0 radical (unpaired) electrons. The summed E-state index contributed by atoms with van der Waals surface area (Å²) in [4.78, 5) is 8.68. The Hall–Kier alpha value is -1.51.